The number of nitrogens with zero attached hydrogens (tertiary/aromatic N) is 1. The summed E-state index contributed by atoms with van der Waals surface area (Å²) in [6.07, 6.45) is 0.957. The van der Waals surface area contributed by atoms with Gasteiger partial charge in [0, 0.05) is 23.9 Å². The number of anilines is 1. The maximum absolute atomic E-state index is 13.0. The van der Waals surface area contributed by atoms with E-state index in [1.165, 1.54) is 12.1 Å². The van der Waals surface area contributed by atoms with Crippen molar-refractivity contribution < 1.29 is 9.31 Å². The fraction of sp³-hybridized carbons (Fsp3) is 0.400. The first-order chi connectivity index (χ1) is 7.66. The molecule has 0 radical (unpaired) electrons. The minimum atomic E-state index is -0.496. The summed E-state index contributed by atoms with van der Waals surface area (Å²) in [6, 6.07) is 3.68. The SMILES string of the molecule is O=[N+]([O-])c1ccc(F)cc1NC1CCSC1. The topological polar surface area (TPSA) is 55.2 Å². The van der Waals surface area contributed by atoms with Gasteiger partial charge >= 0.3 is 0 Å². The Morgan fingerprint density at radius 2 is 2.38 bits per heavy atom. The summed E-state index contributed by atoms with van der Waals surface area (Å²) in [5.74, 6) is 1.49. The Bertz CT molecular complexity index is 408. The van der Waals surface area contributed by atoms with Gasteiger partial charge in [-0.25, -0.2) is 4.39 Å². The molecule has 6 heteroatoms. The Morgan fingerprint density at radius 1 is 1.56 bits per heavy atom. The lowest BCUT2D eigenvalue weighted by Crippen LogP contribution is -2.18. The molecular weight excluding hydrogens is 231 g/mol. The van der Waals surface area contributed by atoms with Crippen LogP contribution in [0.3, 0.4) is 0 Å². The van der Waals surface area contributed by atoms with E-state index in [0.717, 1.165) is 24.0 Å². The molecule has 0 aliphatic carbocycles. The number of nitro groups is 1. The predicted molar refractivity (Wildman–Crippen MR) is 62.4 cm³/mol. The maximum Gasteiger partial charge on any atom is 0.292 e. The van der Waals surface area contributed by atoms with Gasteiger partial charge in [-0.15, -0.1) is 0 Å². The fourth-order valence-electron chi connectivity index (χ4n) is 1.65. The molecule has 1 heterocycles. The lowest BCUT2D eigenvalue weighted by atomic mass is 10.2. The molecule has 1 atom stereocenters. The largest absolute Gasteiger partial charge is 0.376 e. The molecule has 0 bridgehead atoms. The molecule has 0 aromatic heterocycles. The van der Waals surface area contributed by atoms with Crippen LogP contribution in [0.15, 0.2) is 18.2 Å². The Kier molecular flexibility index (Phi) is 3.28. The minimum absolute atomic E-state index is 0.0710. The van der Waals surface area contributed by atoms with Crippen LogP contribution < -0.4 is 5.32 Å². The monoisotopic (exact) mass is 242 g/mol. The normalized spacial score (nSPS) is 19.7. The Morgan fingerprint density at radius 3 is 3.00 bits per heavy atom. The molecule has 1 aromatic rings. The van der Waals surface area contributed by atoms with Crippen molar-refractivity contribution in [2.24, 2.45) is 0 Å². The zero-order valence-electron chi connectivity index (χ0n) is 8.48. The zero-order chi connectivity index (χ0) is 11.5. The van der Waals surface area contributed by atoms with Crippen molar-refractivity contribution in [3.8, 4) is 0 Å². The highest BCUT2D eigenvalue weighted by atomic mass is 32.2. The molecule has 2 rings (SSSR count). The van der Waals surface area contributed by atoms with Crippen LogP contribution in [0.2, 0.25) is 0 Å². The number of hydrogen-bond donors (Lipinski definition) is 1. The summed E-state index contributed by atoms with van der Waals surface area (Å²) in [5, 5.41) is 13.8. The smallest absolute Gasteiger partial charge is 0.292 e. The number of halogens is 1. The highest BCUT2D eigenvalue weighted by molar-refractivity contribution is 7.99. The van der Waals surface area contributed by atoms with Gasteiger partial charge < -0.3 is 5.32 Å². The van der Waals surface area contributed by atoms with Gasteiger partial charge in [0.2, 0.25) is 0 Å². The lowest BCUT2D eigenvalue weighted by molar-refractivity contribution is -0.384. The Balaban J connectivity index is 2.22. The third-order valence-electron chi connectivity index (χ3n) is 2.44. The number of nitrogens with one attached hydrogen (secondary N) is 1. The van der Waals surface area contributed by atoms with Gasteiger partial charge in [0.25, 0.3) is 5.69 Å². The average Bonchev–Trinajstić information content (AvgIpc) is 2.70. The maximum atomic E-state index is 13.0. The summed E-state index contributed by atoms with van der Waals surface area (Å²) >= 11 is 1.79. The van der Waals surface area contributed by atoms with Crippen LogP contribution in [-0.2, 0) is 0 Å². The van der Waals surface area contributed by atoms with Gasteiger partial charge in [0.05, 0.1) is 4.92 Å². The minimum Gasteiger partial charge on any atom is -0.376 e. The van der Waals surface area contributed by atoms with Crippen molar-refractivity contribution in [2.45, 2.75) is 12.5 Å². The van der Waals surface area contributed by atoms with Gasteiger partial charge in [-0.3, -0.25) is 10.1 Å². The summed E-state index contributed by atoms with van der Waals surface area (Å²) < 4.78 is 13.0. The van der Waals surface area contributed by atoms with Crippen LogP contribution in [0.4, 0.5) is 15.8 Å². The summed E-state index contributed by atoms with van der Waals surface area (Å²) in [5.41, 5.74) is 0.204. The number of hydrogen-bond acceptors (Lipinski definition) is 4. The van der Waals surface area contributed by atoms with Gasteiger partial charge in [0.1, 0.15) is 11.5 Å². The molecule has 1 saturated heterocycles. The van der Waals surface area contributed by atoms with Crippen molar-refractivity contribution in [2.75, 3.05) is 16.8 Å². The first-order valence-corrected chi connectivity index (χ1v) is 6.10. The van der Waals surface area contributed by atoms with Crippen molar-refractivity contribution in [3.63, 3.8) is 0 Å². The van der Waals surface area contributed by atoms with Crippen molar-refractivity contribution in [1.82, 2.24) is 0 Å². The molecule has 1 aliphatic heterocycles. The fourth-order valence-corrected chi connectivity index (χ4v) is 2.80. The van der Waals surface area contributed by atoms with E-state index in [1.807, 2.05) is 0 Å². The molecule has 1 N–H and O–H groups in total. The molecule has 1 unspecified atom stereocenters. The van der Waals surface area contributed by atoms with Crippen LogP contribution in [0.5, 0.6) is 0 Å². The summed E-state index contributed by atoms with van der Waals surface area (Å²) in [6.45, 7) is 0. The van der Waals surface area contributed by atoms with Gasteiger partial charge in [-0.05, 0) is 18.2 Å². The van der Waals surface area contributed by atoms with E-state index in [2.05, 4.69) is 5.32 Å². The van der Waals surface area contributed by atoms with E-state index in [-0.39, 0.29) is 17.4 Å². The first-order valence-electron chi connectivity index (χ1n) is 4.95. The van der Waals surface area contributed by atoms with Crippen molar-refractivity contribution >= 4 is 23.1 Å². The molecule has 4 nitrogen and oxygen atoms in total. The van der Waals surface area contributed by atoms with E-state index < -0.39 is 10.7 Å². The molecule has 0 amide bonds. The number of benzene rings is 1. The van der Waals surface area contributed by atoms with E-state index >= 15 is 0 Å². The van der Waals surface area contributed by atoms with Crippen molar-refractivity contribution in [1.29, 1.82) is 0 Å². The average molecular weight is 242 g/mol. The van der Waals surface area contributed by atoms with Gasteiger partial charge in [0.15, 0.2) is 0 Å². The van der Waals surface area contributed by atoms with Crippen LogP contribution in [0, 0.1) is 15.9 Å². The summed E-state index contributed by atoms with van der Waals surface area (Å²) in [4.78, 5) is 10.2. The molecule has 0 saturated carbocycles. The van der Waals surface area contributed by atoms with E-state index in [1.54, 1.807) is 11.8 Å². The Labute approximate surface area is 96.4 Å². The second-order valence-electron chi connectivity index (χ2n) is 3.62. The zero-order valence-corrected chi connectivity index (χ0v) is 9.30. The highest BCUT2D eigenvalue weighted by Gasteiger charge is 2.20. The number of nitro benzene ring substituents is 1. The van der Waals surface area contributed by atoms with Gasteiger partial charge in [-0.2, -0.15) is 11.8 Å². The molecule has 1 aliphatic rings. The second-order valence-corrected chi connectivity index (χ2v) is 4.77. The molecule has 86 valence electrons. The van der Waals surface area contributed by atoms with Crippen LogP contribution >= 0.6 is 11.8 Å². The van der Waals surface area contributed by atoms with Crippen LogP contribution in [0.25, 0.3) is 0 Å². The van der Waals surface area contributed by atoms with E-state index in [4.69, 9.17) is 0 Å². The Hall–Kier alpha value is -1.30. The second kappa shape index (κ2) is 4.69. The van der Waals surface area contributed by atoms with Crippen molar-refractivity contribution in [3.05, 3.63) is 34.1 Å². The molecular formula is C10H11FN2O2S. The molecule has 0 spiro atoms. The van der Waals surface area contributed by atoms with Crippen LogP contribution in [0.1, 0.15) is 6.42 Å². The molecule has 16 heavy (non-hydrogen) atoms. The lowest BCUT2D eigenvalue weighted by Gasteiger charge is -2.12. The van der Waals surface area contributed by atoms with E-state index in [9.17, 15) is 14.5 Å². The first kappa shape index (κ1) is 11.2. The number of thioether (sulfide) groups is 1. The predicted octanol–water partition coefficient (Wildman–Crippen LogP) is 2.65. The molecule has 1 fully saturated rings. The standard InChI is InChI=1S/C10H11FN2O2S/c11-7-1-2-10(13(14)15)9(5-7)12-8-3-4-16-6-8/h1-2,5,8,12H,3-4,6H2. The van der Waals surface area contributed by atoms with Crippen LogP contribution in [-0.4, -0.2) is 22.5 Å². The van der Waals surface area contributed by atoms with E-state index in [0.29, 0.717) is 0 Å². The third kappa shape index (κ3) is 2.44. The quantitative estimate of drug-likeness (QED) is 0.654. The molecule has 1 aromatic carbocycles. The van der Waals surface area contributed by atoms with Gasteiger partial charge in [-0.1, -0.05) is 0 Å². The summed E-state index contributed by atoms with van der Waals surface area (Å²) in [7, 11) is 0. The highest BCUT2D eigenvalue weighted by Crippen LogP contribution is 2.28. The third-order valence-corrected chi connectivity index (χ3v) is 3.61. The number of rotatable bonds is 3.